The van der Waals surface area contributed by atoms with Crippen LogP contribution in [0.15, 0.2) is 95.6 Å². The second kappa shape index (κ2) is 29.2. The third-order valence-corrected chi connectivity index (χ3v) is 15.5. The molecule has 0 bridgehead atoms. The van der Waals surface area contributed by atoms with Crippen LogP contribution in [0.4, 0.5) is 11.4 Å². The number of benzene rings is 4. The van der Waals surface area contributed by atoms with Gasteiger partial charge in [0, 0.05) is 77.6 Å². The summed E-state index contributed by atoms with van der Waals surface area (Å²) in [5.41, 5.74) is 4.06. The normalized spacial score (nSPS) is 16.2. The molecule has 0 saturated carbocycles. The van der Waals surface area contributed by atoms with Gasteiger partial charge < -0.3 is 28.1 Å². The van der Waals surface area contributed by atoms with Crippen LogP contribution in [0.5, 0.6) is 5.75 Å². The first-order valence-electron chi connectivity index (χ1n) is 23.9. The van der Waals surface area contributed by atoms with Crippen LogP contribution in [0.25, 0.3) is 21.5 Å². The molecule has 1 fully saturated rings. The molecule has 0 N–H and O–H groups in total. The second-order valence-electron chi connectivity index (χ2n) is 19.1. The molecule has 4 aromatic carbocycles. The molecule has 27 heteroatoms. The number of amides is 2. The predicted molar refractivity (Wildman–Crippen MR) is 273 cm³/mol. The molecule has 0 aromatic heterocycles. The number of hydrogen-bond acceptors (Lipinski definition) is 18. The van der Waals surface area contributed by atoms with Crippen molar-refractivity contribution in [1.29, 1.82) is 0 Å². The van der Waals surface area contributed by atoms with Crippen molar-refractivity contribution >= 4 is 97.4 Å². The summed E-state index contributed by atoms with van der Waals surface area (Å²) in [7, 11) is -16.9. The molecule has 3 aliphatic heterocycles. The number of allylic oxidation sites excluding steroid dienone is 6. The van der Waals surface area contributed by atoms with Gasteiger partial charge in [-0.05, 0) is 93.7 Å². The van der Waals surface area contributed by atoms with Crippen LogP contribution < -0.4 is 98.3 Å². The Kier molecular flexibility index (Phi) is 25.9. The summed E-state index contributed by atoms with van der Waals surface area (Å²) in [6, 6.07) is 19.1. The SMILES string of the molecule is CC1(C)C(/C=C/C=C/C=C2/N(CCCCS(=O)(=O)[O-])c3ccc4cc(S(=O)(=O)[O-])cc(OCCCCCC(=O)ON5C(=O)CCC5=O)c4c3C2(C)C)=[N+](CCCCS(=O)(=O)[O-])c2ccc3c[c-]ccc3c21.O=S(=O)=O.[Na+].[Na+].[Na+]. The summed E-state index contributed by atoms with van der Waals surface area (Å²) >= 11 is 0. The zero-order chi connectivity index (χ0) is 55.1. The number of anilines is 1. The van der Waals surface area contributed by atoms with Crippen LogP contribution in [0.3, 0.4) is 0 Å². The van der Waals surface area contributed by atoms with Crippen molar-refractivity contribution < 1.29 is 169 Å². The monoisotopic (exact) mass is 1180 g/mol. The van der Waals surface area contributed by atoms with Gasteiger partial charge in [-0.1, -0.05) is 38.1 Å². The predicted octanol–water partition coefficient (Wildman–Crippen LogP) is -2.93. The summed E-state index contributed by atoms with van der Waals surface area (Å²) in [4.78, 5) is 42.5. The van der Waals surface area contributed by atoms with E-state index < -0.39 is 86.0 Å². The Morgan fingerprint density at radius 3 is 2.01 bits per heavy atom. The second-order valence-corrected chi connectivity index (χ2v) is 24.0. The van der Waals surface area contributed by atoms with E-state index in [2.05, 4.69) is 30.6 Å². The number of carbonyl (C=O) groups is 3. The van der Waals surface area contributed by atoms with E-state index in [4.69, 9.17) is 22.2 Å². The minimum absolute atomic E-state index is 0. The van der Waals surface area contributed by atoms with Gasteiger partial charge in [0.2, 0.25) is 5.69 Å². The molecule has 3 aliphatic rings. The smallest absolute Gasteiger partial charge is 0.748 e. The molecule has 404 valence electrons. The fourth-order valence-electron chi connectivity index (χ4n) is 9.85. The van der Waals surface area contributed by atoms with E-state index in [-0.39, 0.29) is 133 Å². The van der Waals surface area contributed by atoms with Crippen LogP contribution in [-0.2, 0) is 71.0 Å². The van der Waals surface area contributed by atoms with Gasteiger partial charge in [0.15, 0.2) is 5.71 Å². The van der Waals surface area contributed by atoms with Crippen molar-refractivity contribution in [2.24, 2.45) is 0 Å². The average molecular weight is 1180 g/mol. The van der Waals surface area contributed by atoms with Crippen molar-refractivity contribution in [3.05, 3.63) is 108 Å². The van der Waals surface area contributed by atoms with E-state index in [1.807, 2.05) is 73.4 Å². The third-order valence-electron chi connectivity index (χ3n) is 13.1. The van der Waals surface area contributed by atoms with Crippen LogP contribution >= 0.6 is 0 Å². The quantitative estimate of drug-likeness (QED) is 0.0145. The first-order valence-corrected chi connectivity index (χ1v) is 29.5. The molecule has 0 atom stereocenters. The summed E-state index contributed by atoms with van der Waals surface area (Å²) in [5.74, 6) is -2.73. The molecule has 0 radical (unpaired) electrons. The Bertz CT molecular complexity index is 3490. The van der Waals surface area contributed by atoms with E-state index >= 15 is 0 Å². The Balaban J connectivity index is 0.00000221. The van der Waals surface area contributed by atoms with E-state index in [0.29, 0.717) is 61.0 Å². The maximum Gasteiger partial charge on any atom is 1.00 e. The molecular weight excluding hydrogens is 1120 g/mol. The first-order chi connectivity index (χ1) is 35.1. The molecule has 1 saturated heterocycles. The Hall–Kier alpha value is -3.15. The average Bonchev–Trinajstić information content (AvgIpc) is 3.83. The minimum atomic E-state index is -4.93. The number of carbonyl (C=O) groups excluding carboxylic acids is 3. The number of unbranched alkanes of at least 4 members (excludes halogenated alkanes) is 4. The number of fused-ring (bicyclic) bond motifs is 6. The van der Waals surface area contributed by atoms with Gasteiger partial charge in [0.05, 0.1) is 37.2 Å². The van der Waals surface area contributed by atoms with Gasteiger partial charge >= 0.3 is 105 Å². The molecule has 20 nitrogen and oxygen atoms in total. The van der Waals surface area contributed by atoms with Crippen molar-refractivity contribution in [3.63, 3.8) is 0 Å². The van der Waals surface area contributed by atoms with E-state index in [0.717, 1.165) is 44.7 Å². The number of rotatable bonds is 22. The fraction of sp³-hybridized carbons (Fsp3) is 0.412. The largest absolute Gasteiger partial charge is 1.00 e. The summed E-state index contributed by atoms with van der Waals surface area (Å²) < 4.78 is 140. The first kappa shape index (κ1) is 69.1. The van der Waals surface area contributed by atoms with Crippen LogP contribution in [-0.4, -0.2) is 116 Å². The number of imide groups is 1. The molecule has 0 unspecified atom stereocenters. The summed E-state index contributed by atoms with van der Waals surface area (Å²) in [6.45, 7) is 9.10. The maximum atomic E-state index is 12.4. The molecule has 4 aromatic rings. The molecule has 0 spiro atoms. The standard InChI is InChI=1S/C51H59N3O14S3.3Na.O3S/c1-50(2)42(52(28-12-15-31-69(58,59)60)39-24-22-35-17-10-11-18-38(35)48(39)50)19-7-5-8-20-43-51(3,4)49-40(53(43)29-13-16-32-70(61,62)63)25-23-36-33-37(71(64,65)66)34-41(47(36)49)67-30-14-6-9-21-46(57)68-54-44(55)26-27-45(54)56;;;;1-4(2)3/h5,7-8,11,17-20,22-25,33-34H,6,9,12-16,21,26-32H2,1-4H3,(H,58,59,60)(H,61,62,63)(H,64,65,66);;;;/q;3*+1;/p-3. The van der Waals surface area contributed by atoms with Gasteiger partial charge in [-0.15, -0.1) is 34.5 Å². The van der Waals surface area contributed by atoms with Crippen molar-refractivity contribution in [1.82, 2.24) is 5.06 Å². The maximum absolute atomic E-state index is 12.4. The Morgan fingerprint density at radius 1 is 0.756 bits per heavy atom. The molecular formula is C51H56N3Na3O17S4. The topological polar surface area (TPSA) is 302 Å². The van der Waals surface area contributed by atoms with Gasteiger partial charge in [0.25, 0.3) is 11.8 Å². The number of nitrogens with zero attached hydrogens (tertiary/aromatic N) is 3. The van der Waals surface area contributed by atoms with Gasteiger partial charge in [0.1, 0.15) is 22.4 Å². The fourth-order valence-corrected chi connectivity index (χ4v) is 11.5. The number of ether oxygens (including phenoxy) is 1. The molecule has 2 amide bonds. The van der Waals surface area contributed by atoms with Gasteiger partial charge in [-0.2, -0.15) is 28.8 Å². The summed E-state index contributed by atoms with van der Waals surface area (Å²) in [5, 5.41) is 3.57. The van der Waals surface area contributed by atoms with E-state index in [1.165, 1.54) is 12.1 Å². The molecule has 3 heterocycles. The van der Waals surface area contributed by atoms with Crippen molar-refractivity contribution in [3.8, 4) is 5.75 Å². The summed E-state index contributed by atoms with van der Waals surface area (Å²) in [6.07, 6.45) is 11.8. The van der Waals surface area contributed by atoms with Crippen LogP contribution in [0, 0.1) is 6.07 Å². The van der Waals surface area contributed by atoms with Crippen LogP contribution in [0.2, 0.25) is 0 Å². The number of hydrogen-bond donors (Lipinski definition) is 0. The zero-order valence-corrected chi connectivity index (χ0v) is 53.9. The van der Waals surface area contributed by atoms with Crippen LogP contribution in [0.1, 0.15) is 103 Å². The third kappa shape index (κ3) is 17.7. The van der Waals surface area contributed by atoms with E-state index in [9.17, 15) is 53.3 Å². The number of hydroxylamine groups is 2. The molecule has 7 rings (SSSR count). The Morgan fingerprint density at radius 2 is 1.38 bits per heavy atom. The molecule has 78 heavy (non-hydrogen) atoms. The van der Waals surface area contributed by atoms with E-state index in [1.54, 1.807) is 12.1 Å². The Labute approximate surface area is 522 Å². The zero-order valence-electron chi connectivity index (χ0n) is 44.6. The minimum Gasteiger partial charge on any atom is -0.748 e. The van der Waals surface area contributed by atoms with Gasteiger partial charge in [-0.3, -0.25) is 9.59 Å². The van der Waals surface area contributed by atoms with Crippen molar-refractivity contribution in [2.75, 3.05) is 36.1 Å². The molecule has 0 aliphatic carbocycles. The van der Waals surface area contributed by atoms with Crippen molar-refractivity contribution in [2.45, 2.75) is 108 Å². The van der Waals surface area contributed by atoms with Gasteiger partial charge in [-0.25, -0.2) is 30.0 Å².